The maximum atomic E-state index is 12.1. The first-order valence-electron chi connectivity index (χ1n) is 5.61. The minimum Gasteiger partial charge on any atom is -0.433 e. The van der Waals surface area contributed by atoms with Crippen molar-refractivity contribution in [3.8, 4) is 5.75 Å². The number of hydrogen-bond acceptors (Lipinski definition) is 3. The van der Waals surface area contributed by atoms with E-state index in [0.29, 0.717) is 12.8 Å². The molecule has 1 aromatic rings. The number of amides is 1. The Hall–Kier alpha value is -1.69. The maximum Gasteiger partial charge on any atom is 0.387 e. The number of para-hydroxylation sites is 2. The van der Waals surface area contributed by atoms with Gasteiger partial charge in [-0.25, -0.2) is 0 Å². The molecule has 0 aliphatic heterocycles. The van der Waals surface area contributed by atoms with Gasteiger partial charge < -0.3 is 15.4 Å². The molecule has 0 aromatic heterocycles. The number of nitrogens with one attached hydrogen (secondary N) is 2. The van der Waals surface area contributed by atoms with Crippen molar-refractivity contribution in [2.24, 2.45) is 0 Å². The minimum atomic E-state index is -2.91. The molecule has 0 aliphatic rings. The van der Waals surface area contributed by atoms with Crippen LogP contribution in [0.3, 0.4) is 0 Å². The van der Waals surface area contributed by atoms with Gasteiger partial charge in [0.25, 0.3) is 0 Å². The van der Waals surface area contributed by atoms with Crippen LogP contribution in [0.2, 0.25) is 0 Å². The van der Waals surface area contributed by atoms with E-state index >= 15 is 0 Å². The molecular formula is C12H16F2N2O2. The van der Waals surface area contributed by atoms with Crippen LogP contribution in [-0.2, 0) is 4.79 Å². The quantitative estimate of drug-likeness (QED) is 0.737. The predicted octanol–water partition coefficient (Wildman–Crippen LogP) is 2.23. The summed E-state index contributed by atoms with van der Waals surface area (Å²) < 4.78 is 28.6. The van der Waals surface area contributed by atoms with Crippen LogP contribution >= 0.6 is 0 Å². The van der Waals surface area contributed by atoms with Gasteiger partial charge >= 0.3 is 6.61 Å². The third-order valence-electron chi connectivity index (χ3n) is 2.21. The van der Waals surface area contributed by atoms with Gasteiger partial charge in [-0.3, -0.25) is 4.79 Å². The van der Waals surface area contributed by atoms with Crippen molar-refractivity contribution in [2.75, 3.05) is 18.9 Å². The molecule has 0 saturated heterocycles. The Morgan fingerprint density at radius 3 is 2.78 bits per heavy atom. The summed E-state index contributed by atoms with van der Waals surface area (Å²) in [5.74, 6) is -0.259. The van der Waals surface area contributed by atoms with Gasteiger partial charge in [0.2, 0.25) is 5.91 Å². The first kappa shape index (κ1) is 14.4. The highest BCUT2D eigenvalue weighted by molar-refractivity contribution is 5.92. The molecule has 0 fully saturated rings. The van der Waals surface area contributed by atoms with Crippen LogP contribution in [0.1, 0.15) is 12.8 Å². The lowest BCUT2D eigenvalue weighted by molar-refractivity contribution is -0.116. The highest BCUT2D eigenvalue weighted by Crippen LogP contribution is 2.25. The molecule has 0 unspecified atom stereocenters. The van der Waals surface area contributed by atoms with Crippen molar-refractivity contribution in [1.29, 1.82) is 0 Å². The van der Waals surface area contributed by atoms with E-state index in [0.717, 1.165) is 6.54 Å². The molecule has 1 amide bonds. The topological polar surface area (TPSA) is 50.4 Å². The van der Waals surface area contributed by atoms with Crippen LogP contribution in [0.15, 0.2) is 24.3 Å². The van der Waals surface area contributed by atoms with Gasteiger partial charge in [0.1, 0.15) is 5.75 Å². The largest absolute Gasteiger partial charge is 0.433 e. The fourth-order valence-corrected chi connectivity index (χ4v) is 1.41. The Kier molecular flexibility index (Phi) is 6.07. The number of carbonyl (C=O) groups excluding carboxylic acids is 1. The van der Waals surface area contributed by atoms with Crippen molar-refractivity contribution in [2.45, 2.75) is 19.5 Å². The summed E-state index contributed by atoms with van der Waals surface area (Å²) in [5.41, 5.74) is 0.257. The van der Waals surface area contributed by atoms with Gasteiger partial charge in [-0.05, 0) is 32.1 Å². The molecule has 100 valence electrons. The fourth-order valence-electron chi connectivity index (χ4n) is 1.41. The number of rotatable bonds is 7. The van der Waals surface area contributed by atoms with E-state index in [2.05, 4.69) is 15.4 Å². The SMILES string of the molecule is CNCCCC(=O)Nc1ccccc1OC(F)F. The monoisotopic (exact) mass is 258 g/mol. The van der Waals surface area contributed by atoms with E-state index in [1.165, 1.54) is 12.1 Å². The Morgan fingerprint density at radius 2 is 2.11 bits per heavy atom. The minimum absolute atomic E-state index is 0.0329. The third kappa shape index (κ3) is 5.09. The lowest BCUT2D eigenvalue weighted by Crippen LogP contribution is -2.16. The maximum absolute atomic E-state index is 12.1. The summed E-state index contributed by atoms with van der Waals surface area (Å²) in [6.07, 6.45) is 1.00. The predicted molar refractivity (Wildman–Crippen MR) is 64.9 cm³/mol. The van der Waals surface area contributed by atoms with Gasteiger partial charge in [0, 0.05) is 6.42 Å². The summed E-state index contributed by atoms with van der Waals surface area (Å²) in [6, 6.07) is 6.11. The molecule has 4 nitrogen and oxygen atoms in total. The second-order valence-corrected chi connectivity index (χ2v) is 3.63. The molecule has 0 bridgehead atoms. The number of alkyl halides is 2. The standard InChI is InChI=1S/C12H16F2N2O2/c1-15-8-4-7-11(17)16-9-5-2-3-6-10(9)18-12(13)14/h2-3,5-6,12,15H,4,7-8H2,1H3,(H,16,17). The van der Waals surface area contributed by atoms with Gasteiger partial charge in [0.15, 0.2) is 0 Å². The van der Waals surface area contributed by atoms with Gasteiger partial charge in [0.05, 0.1) is 5.69 Å². The first-order valence-corrected chi connectivity index (χ1v) is 5.61. The molecule has 6 heteroatoms. The normalized spacial score (nSPS) is 10.4. The smallest absolute Gasteiger partial charge is 0.387 e. The average molecular weight is 258 g/mol. The van der Waals surface area contributed by atoms with Crippen molar-refractivity contribution < 1.29 is 18.3 Å². The Balaban J connectivity index is 2.57. The van der Waals surface area contributed by atoms with E-state index in [-0.39, 0.29) is 17.3 Å². The summed E-state index contributed by atoms with van der Waals surface area (Å²) in [4.78, 5) is 11.5. The van der Waals surface area contributed by atoms with E-state index < -0.39 is 6.61 Å². The Morgan fingerprint density at radius 1 is 1.39 bits per heavy atom. The van der Waals surface area contributed by atoms with Crippen molar-refractivity contribution in [1.82, 2.24) is 5.32 Å². The second-order valence-electron chi connectivity index (χ2n) is 3.63. The first-order chi connectivity index (χ1) is 8.63. The molecule has 2 N–H and O–H groups in total. The zero-order valence-corrected chi connectivity index (χ0v) is 10.1. The number of halogens is 2. The summed E-state index contributed by atoms with van der Waals surface area (Å²) >= 11 is 0. The van der Waals surface area contributed by atoms with Gasteiger partial charge in [-0.2, -0.15) is 8.78 Å². The van der Waals surface area contributed by atoms with E-state index in [9.17, 15) is 13.6 Å². The number of hydrogen-bond donors (Lipinski definition) is 2. The zero-order valence-electron chi connectivity index (χ0n) is 10.1. The molecular weight excluding hydrogens is 242 g/mol. The van der Waals surface area contributed by atoms with E-state index in [1.54, 1.807) is 19.2 Å². The van der Waals surface area contributed by atoms with Crippen LogP contribution < -0.4 is 15.4 Å². The number of benzene rings is 1. The summed E-state index contributed by atoms with van der Waals surface area (Å²) in [6.45, 7) is -2.19. The van der Waals surface area contributed by atoms with Crippen LogP contribution in [0.25, 0.3) is 0 Å². The van der Waals surface area contributed by atoms with Crippen LogP contribution in [0.5, 0.6) is 5.75 Å². The van der Waals surface area contributed by atoms with Crippen molar-refractivity contribution in [3.63, 3.8) is 0 Å². The lowest BCUT2D eigenvalue weighted by Gasteiger charge is -2.11. The molecule has 18 heavy (non-hydrogen) atoms. The number of anilines is 1. The third-order valence-corrected chi connectivity index (χ3v) is 2.21. The van der Waals surface area contributed by atoms with Gasteiger partial charge in [-0.1, -0.05) is 12.1 Å². The molecule has 1 aromatic carbocycles. The lowest BCUT2D eigenvalue weighted by atomic mass is 10.2. The zero-order chi connectivity index (χ0) is 13.4. The molecule has 0 heterocycles. The van der Waals surface area contributed by atoms with Crippen molar-refractivity contribution in [3.05, 3.63) is 24.3 Å². The highest BCUT2D eigenvalue weighted by Gasteiger charge is 2.11. The highest BCUT2D eigenvalue weighted by atomic mass is 19.3. The number of carbonyl (C=O) groups is 1. The molecule has 1 rings (SSSR count). The second kappa shape index (κ2) is 7.60. The molecule has 0 radical (unpaired) electrons. The Bertz CT molecular complexity index is 386. The Labute approximate surface area is 104 Å². The fraction of sp³-hybridized carbons (Fsp3) is 0.417. The average Bonchev–Trinajstić information content (AvgIpc) is 2.31. The number of ether oxygens (including phenoxy) is 1. The molecule has 0 aliphatic carbocycles. The van der Waals surface area contributed by atoms with Gasteiger partial charge in [-0.15, -0.1) is 0 Å². The molecule has 0 atom stereocenters. The van der Waals surface area contributed by atoms with Crippen LogP contribution in [0.4, 0.5) is 14.5 Å². The summed E-state index contributed by atoms with van der Waals surface area (Å²) in [7, 11) is 1.80. The van der Waals surface area contributed by atoms with E-state index in [1.807, 2.05) is 0 Å². The molecule has 0 saturated carbocycles. The summed E-state index contributed by atoms with van der Waals surface area (Å²) in [5, 5.41) is 5.47. The molecule has 0 spiro atoms. The van der Waals surface area contributed by atoms with Crippen molar-refractivity contribution >= 4 is 11.6 Å². The van der Waals surface area contributed by atoms with Crippen LogP contribution in [-0.4, -0.2) is 26.1 Å². The van der Waals surface area contributed by atoms with E-state index in [4.69, 9.17) is 0 Å². The van der Waals surface area contributed by atoms with Crippen LogP contribution in [0, 0.1) is 0 Å².